The SMILES string of the molecule is CC(C)(C)c1ccc(CCNC(=O)c2cc(-c3ccncc3)on2)cc1. The highest BCUT2D eigenvalue weighted by molar-refractivity contribution is 5.93. The van der Waals surface area contributed by atoms with Crippen LogP contribution in [-0.4, -0.2) is 22.6 Å². The van der Waals surface area contributed by atoms with Crippen molar-refractivity contribution in [3.63, 3.8) is 0 Å². The van der Waals surface area contributed by atoms with Crippen LogP contribution in [0.3, 0.4) is 0 Å². The molecule has 0 bridgehead atoms. The topological polar surface area (TPSA) is 68.0 Å². The van der Waals surface area contributed by atoms with Crippen LogP contribution in [0.2, 0.25) is 0 Å². The number of carbonyl (C=O) groups is 1. The monoisotopic (exact) mass is 349 g/mol. The van der Waals surface area contributed by atoms with Crippen LogP contribution in [-0.2, 0) is 11.8 Å². The molecule has 1 amide bonds. The number of benzene rings is 1. The van der Waals surface area contributed by atoms with Gasteiger partial charge in [0.25, 0.3) is 5.91 Å². The Labute approximate surface area is 153 Å². The molecule has 0 aliphatic heterocycles. The number of rotatable bonds is 5. The third-order valence-electron chi connectivity index (χ3n) is 4.23. The third kappa shape index (κ3) is 4.36. The Bertz CT molecular complexity index is 862. The van der Waals surface area contributed by atoms with Crippen molar-refractivity contribution in [3.8, 4) is 11.3 Å². The molecule has 134 valence electrons. The van der Waals surface area contributed by atoms with Gasteiger partial charge in [0, 0.05) is 30.6 Å². The minimum absolute atomic E-state index is 0.145. The predicted molar refractivity (Wildman–Crippen MR) is 101 cm³/mol. The highest BCUT2D eigenvalue weighted by Crippen LogP contribution is 2.22. The molecule has 0 spiro atoms. The zero-order valence-corrected chi connectivity index (χ0v) is 15.3. The summed E-state index contributed by atoms with van der Waals surface area (Å²) in [5.41, 5.74) is 3.75. The first-order valence-corrected chi connectivity index (χ1v) is 8.68. The molecule has 1 N–H and O–H groups in total. The van der Waals surface area contributed by atoms with E-state index in [-0.39, 0.29) is 17.0 Å². The molecule has 3 rings (SSSR count). The van der Waals surface area contributed by atoms with Gasteiger partial charge in [-0.2, -0.15) is 0 Å². The normalized spacial score (nSPS) is 11.3. The summed E-state index contributed by atoms with van der Waals surface area (Å²) in [6.45, 7) is 7.13. The molecular formula is C21H23N3O2. The van der Waals surface area contributed by atoms with E-state index in [9.17, 15) is 4.79 Å². The van der Waals surface area contributed by atoms with E-state index in [0.29, 0.717) is 12.3 Å². The van der Waals surface area contributed by atoms with Crippen LogP contribution in [0.1, 0.15) is 42.4 Å². The van der Waals surface area contributed by atoms with Gasteiger partial charge in [-0.05, 0) is 35.1 Å². The Hall–Kier alpha value is -2.95. The van der Waals surface area contributed by atoms with Crippen LogP contribution in [0.4, 0.5) is 0 Å². The number of hydrogen-bond acceptors (Lipinski definition) is 4. The number of aromatic nitrogens is 2. The largest absolute Gasteiger partial charge is 0.355 e. The second-order valence-corrected chi connectivity index (χ2v) is 7.27. The van der Waals surface area contributed by atoms with Gasteiger partial charge < -0.3 is 9.84 Å². The fourth-order valence-corrected chi connectivity index (χ4v) is 2.62. The number of nitrogens with zero attached hydrogens (tertiary/aromatic N) is 2. The minimum Gasteiger partial charge on any atom is -0.355 e. The summed E-state index contributed by atoms with van der Waals surface area (Å²) in [6.07, 6.45) is 4.11. The van der Waals surface area contributed by atoms with Crippen LogP contribution in [0.15, 0.2) is 59.4 Å². The van der Waals surface area contributed by atoms with Crippen molar-refractivity contribution in [1.82, 2.24) is 15.5 Å². The van der Waals surface area contributed by atoms with Gasteiger partial charge in [0.2, 0.25) is 0 Å². The van der Waals surface area contributed by atoms with Crippen molar-refractivity contribution in [2.24, 2.45) is 0 Å². The molecule has 2 heterocycles. The van der Waals surface area contributed by atoms with Crippen molar-refractivity contribution in [2.45, 2.75) is 32.6 Å². The highest BCUT2D eigenvalue weighted by Gasteiger charge is 2.14. The lowest BCUT2D eigenvalue weighted by Gasteiger charge is -2.19. The van der Waals surface area contributed by atoms with Gasteiger partial charge in [-0.1, -0.05) is 50.2 Å². The van der Waals surface area contributed by atoms with Crippen molar-refractivity contribution >= 4 is 5.91 Å². The van der Waals surface area contributed by atoms with E-state index < -0.39 is 0 Å². The van der Waals surface area contributed by atoms with Gasteiger partial charge in [-0.25, -0.2) is 0 Å². The molecule has 5 nitrogen and oxygen atoms in total. The molecule has 1 aromatic carbocycles. The molecule has 0 unspecified atom stereocenters. The van der Waals surface area contributed by atoms with Crippen LogP contribution in [0.25, 0.3) is 11.3 Å². The Morgan fingerprint density at radius 2 is 1.77 bits per heavy atom. The minimum atomic E-state index is -0.236. The first-order valence-electron chi connectivity index (χ1n) is 8.68. The van der Waals surface area contributed by atoms with Crippen LogP contribution >= 0.6 is 0 Å². The number of hydrogen-bond donors (Lipinski definition) is 1. The summed E-state index contributed by atoms with van der Waals surface area (Å²) in [4.78, 5) is 16.2. The van der Waals surface area contributed by atoms with Crippen LogP contribution in [0.5, 0.6) is 0 Å². The van der Waals surface area contributed by atoms with Gasteiger partial charge >= 0.3 is 0 Å². The highest BCUT2D eigenvalue weighted by atomic mass is 16.5. The van der Waals surface area contributed by atoms with E-state index in [4.69, 9.17) is 4.52 Å². The molecule has 0 aliphatic rings. The van der Waals surface area contributed by atoms with E-state index in [2.05, 4.69) is 60.5 Å². The average Bonchev–Trinajstić information content (AvgIpc) is 3.12. The summed E-state index contributed by atoms with van der Waals surface area (Å²) in [6, 6.07) is 13.8. The summed E-state index contributed by atoms with van der Waals surface area (Å²) >= 11 is 0. The Morgan fingerprint density at radius 3 is 2.42 bits per heavy atom. The molecule has 0 saturated heterocycles. The van der Waals surface area contributed by atoms with Crippen LogP contribution < -0.4 is 5.32 Å². The van der Waals surface area contributed by atoms with Gasteiger partial charge in [0.05, 0.1) is 0 Å². The maximum absolute atomic E-state index is 12.2. The lowest BCUT2D eigenvalue weighted by atomic mass is 9.86. The van der Waals surface area contributed by atoms with Crippen molar-refractivity contribution < 1.29 is 9.32 Å². The van der Waals surface area contributed by atoms with E-state index in [1.807, 2.05) is 12.1 Å². The Kier molecular flexibility index (Phi) is 5.16. The summed E-state index contributed by atoms with van der Waals surface area (Å²) < 4.78 is 5.24. The lowest BCUT2D eigenvalue weighted by Crippen LogP contribution is -2.25. The van der Waals surface area contributed by atoms with E-state index in [1.54, 1.807) is 18.5 Å². The van der Waals surface area contributed by atoms with Crippen molar-refractivity contribution in [3.05, 3.63) is 71.7 Å². The van der Waals surface area contributed by atoms with E-state index in [1.165, 1.54) is 11.1 Å². The van der Waals surface area contributed by atoms with Crippen molar-refractivity contribution in [2.75, 3.05) is 6.54 Å². The summed E-state index contributed by atoms with van der Waals surface area (Å²) in [5, 5.41) is 6.73. The van der Waals surface area contributed by atoms with Gasteiger partial charge in [0.1, 0.15) is 0 Å². The molecular weight excluding hydrogens is 326 g/mol. The molecule has 0 radical (unpaired) electrons. The summed E-state index contributed by atoms with van der Waals surface area (Å²) in [5.74, 6) is 0.315. The molecule has 2 aromatic heterocycles. The average molecular weight is 349 g/mol. The maximum atomic E-state index is 12.2. The second-order valence-electron chi connectivity index (χ2n) is 7.27. The van der Waals surface area contributed by atoms with E-state index >= 15 is 0 Å². The molecule has 3 aromatic rings. The standard InChI is InChI=1S/C21H23N3O2/c1-21(2,3)17-6-4-15(5-7-17)8-13-23-20(25)18-14-19(26-24-18)16-9-11-22-12-10-16/h4-7,9-12,14H,8,13H2,1-3H3,(H,23,25). The van der Waals surface area contributed by atoms with Crippen molar-refractivity contribution in [1.29, 1.82) is 0 Å². The number of amides is 1. The fraction of sp³-hybridized carbons (Fsp3) is 0.286. The molecule has 0 fully saturated rings. The predicted octanol–water partition coefficient (Wildman–Crippen LogP) is 4.01. The zero-order chi connectivity index (χ0) is 18.6. The third-order valence-corrected chi connectivity index (χ3v) is 4.23. The Balaban J connectivity index is 1.54. The Morgan fingerprint density at radius 1 is 1.08 bits per heavy atom. The number of carbonyl (C=O) groups excluding carboxylic acids is 1. The molecule has 0 saturated carbocycles. The number of pyridine rings is 1. The fourth-order valence-electron chi connectivity index (χ4n) is 2.62. The summed E-state index contributed by atoms with van der Waals surface area (Å²) in [7, 11) is 0. The number of nitrogens with one attached hydrogen (secondary N) is 1. The van der Waals surface area contributed by atoms with E-state index in [0.717, 1.165) is 12.0 Å². The second kappa shape index (κ2) is 7.52. The molecule has 0 atom stereocenters. The van der Waals surface area contributed by atoms with Gasteiger partial charge in [-0.3, -0.25) is 9.78 Å². The quantitative estimate of drug-likeness (QED) is 0.756. The maximum Gasteiger partial charge on any atom is 0.273 e. The van der Waals surface area contributed by atoms with Crippen LogP contribution in [0, 0.1) is 0 Å². The van der Waals surface area contributed by atoms with Gasteiger partial charge in [0.15, 0.2) is 11.5 Å². The molecule has 26 heavy (non-hydrogen) atoms. The first-order chi connectivity index (χ1) is 12.4. The lowest BCUT2D eigenvalue weighted by molar-refractivity contribution is 0.0945. The van der Waals surface area contributed by atoms with Gasteiger partial charge in [-0.15, -0.1) is 0 Å². The molecule has 0 aliphatic carbocycles. The smallest absolute Gasteiger partial charge is 0.273 e. The first kappa shape index (κ1) is 17.9. The zero-order valence-electron chi connectivity index (χ0n) is 15.3. The molecule has 5 heteroatoms.